The van der Waals surface area contributed by atoms with Gasteiger partial charge in [0.1, 0.15) is 5.82 Å². The lowest BCUT2D eigenvalue weighted by molar-refractivity contribution is -0.129. The Labute approximate surface area is 183 Å². The Balaban J connectivity index is 1.52. The Morgan fingerprint density at radius 3 is 2.81 bits per heavy atom. The van der Waals surface area contributed by atoms with Crippen LogP contribution in [0.5, 0.6) is 0 Å². The van der Waals surface area contributed by atoms with Gasteiger partial charge in [0.05, 0.1) is 29.5 Å². The van der Waals surface area contributed by atoms with Gasteiger partial charge in [-0.3, -0.25) is 19.5 Å². The van der Waals surface area contributed by atoms with Crippen LogP contribution in [0.1, 0.15) is 59.5 Å². The van der Waals surface area contributed by atoms with Crippen molar-refractivity contribution in [1.82, 2.24) is 24.4 Å². The van der Waals surface area contributed by atoms with Crippen LogP contribution >= 0.6 is 0 Å². The fourth-order valence-corrected chi connectivity index (χ4v) is 4.72. The van der Waals surface area contributed by atoms with Gasteiger partial charge in [0.25, 0.3) is 11.5 Å². The molecule has 1 N–H and O–H groups in total. The number of likely N-dealkylation sites (tertiary alicyclic amines) is 1. The number of carbonyl (C=O) groups excluding carboxylic acids is 2. The van der Waals surface area contributed by atoms with Gasteiger partial charge >= 0.3 is 0 Å². The van der Waals surface area contributed by atoms with Crippen LogP contribution in [0.4, 0.5) is 4.39 Å². The number of rotatable bonds is 2. The van der Waals surface area contributed by atoms with E-state index in [0.29, 0.717) is 36.3 Å². The molecule has 1 saturated heterocycles. The van der Waals surface area contributed by atoms with Crippen molar-refractivity contribution in [2.24, 2.45) is 0 Å². The maximum atomic E-state index is 13.7. The monoisotopic (exact) mass is 437 g/mol. The summed E-state index contributed by atoms with van der Waals surface area (Å²) in [6.07, 6.45) is 3.08. The second-order valence-corrected chi connectivity index (χ2v) is 8.46. The van der Waals surface area contributed by atoms with Crippen molar-refractivity contribution >= 4 is 17.5 Å². The van der Waals surface area contributed by atoms with E-state index < -0.39 is 5.82 Å². The van der Waals surface area contributed by atoms with Crippen LogP contribution in [0, 0.1) is 5.82 Å². The molecule has 0 bridgehead atoms. The number of amides is 2. The van der Waals surface area contributed by atoms with Crippen LogP contribution in [0.15, 0.2) is 35.1 Å². The van der Waals surface area contributed by atoms with Crippen LogP contribution in [-0.2, 0) is 17.8 Å². The molecule has 1 atom stereocenters. The summed E-state index contributed by atoms with van der Waals surface area (Å²) in [6, 6.07) is 7.27. The SMILES string of the molecule is CC(=O)N1CCc2nc3cc([C@@H]4CCCCN4C(=O)c4cccc(F)c4)[nH]n3c(=O)c2C1. The molecule has 0 radical (unpaired) electrons. The molecule has 0 saturated carbocycles. The number of aromatic amines is 1. The molecule has 0 aliphatic carbocycles. The van der Waals surface area contributed by atoms with Gasteiger partial charge in [-0.1, -0.05) is 6.07 Å². The highest BCUT2D eigenvalue weighted by atomic mass is 19.1. The normalized spacial score (nSPS) is 18.6. The van der Waals surface area contributed by atoms with Crippen LogP contribution in [0.3, 0.4) is 0 Å². The lowest BCUT2D eigenvalue weighted by atomic mass is 9.98. The molecule has 1 fully saturated rings. The molecule has 0 unspecified atom stereocenters. The number of nitrogens with zero attached hydrogens (tertiary/aromatic N) is 4. The second kappa shape index (κ2) is 7.89. The van der Waals surface area contributed by atoms with Crippen LogP contribution in [0.2, 0.25) is 0 Å². The van der Waals surface area contributed by atoms with Gasteiger partial charge < -0.3 is 9.80 Å². The Bertz CT molecular complexity index is 1280. The Morgan fingerprint density at radius 1 is 1.19 bits per heavy atom. The number of nitrogens with one attached hydrogen (secondary N) is 1. The molecule has 4 heterocycles. The average Bonchev–Trinajstić information content (AvgIpc) is 3.23. The van der Waals surface area contributed by atoms with Gasteiger partial charge in [-0.25, -0.2) is 13.9 Å². The molecule has 9 heteroatoms. The zero-order valence-corrected chi connectivity index (χ0v) is 17.8. The zero-order chi connectivity index (χ0) is 22.4. The van der Waals surface area contributed by atoms with Gasteiger partial charge in [0, 0.05) is 38.1 Å². The van der Waals surface area contributed by atoms with E-state index >= 15 is 0 Å². The zero-order valence-electron chi connectivity index (χ0n) is 17.8. The minimum Gasteiger partial charge on any atom is -0.338 e. The third-order valence-corrected chi connectivity index (χ3v) is 6.42. The number of hydrogen-bond acceptors (Lipinski definition) is 4. The quantitative estimate of drug-likeness (QED) is 0.667. The van der Waals surface area contributed by atoms with Gasteiger partial charge in [0.15, 0.2) is 5.65 Å². The molecule has 5 rings (SSSR count). The molecular formula is C23H24FN5O3. The van der Waals surface area contributed by atoms with Gasteiger partial charge in [-0.15, -0.1) is 0 Å². The first kappa shape index (κ1) is 20.4. The smallest absolute Gasteiger partial charge is 0.277 e. The first-order chi connectivity index (χ1) is 15.4. The number of aromatic nitrogens is 3. The lowest BCUT2D eigenvalue weighted by Gasteiger charge is -2.35. The van der Waals surface area contributed by atoms with Gasteiger partial charge in [-0.05, 0) is 37.5 Å². The van der Waals surface area contributed by atoms with E-state index in [1.165, 1.54) is 29.6 Å². The number of carbonyl (C=O) groups is 2. The molecule has 1 aromatic carbocycles. The molecule has 2 aliphatic heterocycles. The predicted molar refractivity (Wildman–Crippen MR) is 115 cm³/mol. The van der Waals surface area contributed by atoms with Crippen molar-refractivity contribution < 1.29 is 14.0 Å². The minimum atomic E-state index is -0.448. The van der Waals surface area contributed by atoms with Crippen molar-refractivity contribution in [3.05, 3.63) is 69.0 Å². The first-order valence-electron chi connectivity index (χ1n) is 10.9. The van der Waals surface area contributed by atoms with Crippen molar-refractivity contribution in [2.45, 2.75) is 45.2 Å². The third-order valence-electron chi connectivity index (χ3n) is 6.42. The summed E-state index contributed by atoms with van der Waals surface area (Å²) in [5.74, 6) is -0.749. The number of H-pyrrole nitrogens is 1. The molecule has 2 aromatic heterocycles. The molecule has 2 aliphatic rings. The molecular weight excluding hydrogens is 413 g/mol. The summed E-state index contributed by atoms with van der Waals surface area (Å²) in [4.78, 5) is 46.1. The fourth-order valence-electron chi connectivity index (χ4n) is 4.72. The summed E-state index contributed by atoms with van der Waals surface area (Å²) in [5, 5.41) is 3.15. The van der Waals surface area contributed by atoms with Crippen LogP contribution in [-0.4, -0.2) is 49.3 Å². The highest BCUT2D eigenvalue weighted by Crippen LogP contribution is 2.32. The predicted octanol–water partition coefficient (Wildman–Crippen LogP) is 2.43. The highest BCUT2D eigenvalue weighted by molar-refractivity contribution is 5.94. The summed E-state index contributed by atoms with van der Waals surface area (Å²) >= 11 is 0. The van der Waals surface area contributed by atoms with E-state index in [1.54, 1.807) is 15.9 Å². The summed E-state index contributed by atoms with van der Waals surface area (Å²) in [7, 11) is 0. The van der Waals surface area contributed by atoms with Gasteiger partial charge in [-0.2, -0.15) is 0 Å². The maximum absolute atomic E-state index is 13.7. The fraction of sp³-hybridized carbons (Fsp3) is 0.391. The molecule has 2 amide bonds. The van der Waals surface area contributed by atoms with E-state index in [2.05, 4.69) is 10.1 Å². The summed E-state index contributed by atoms with van der Waals surface area (Å²) in [6.45, 7) is 2.85. The largest absolute Gasteiger partial charge is 0.338 e. The number of benzene rings is 1. The van der Waals surface area contributed by atoms with E-state index in [1.807, 2.05) is 6.07 Å². The van der Waals surface area contributed by atoms with Crippen LogP contribution in [0.25, 0.3) is 5.65 Å². The molecule has 32 heavy (non-hydrogen) atoms. The number of fused-ring (bicyclic) bond motifs is 2. The van der Waals surface area contributed by atoms with Gasteiger partial charge in [0.2, 0.25) is 5.91 Å². The van der Waals surface area contributed by atoms with Crippen molar-refractivity contribution in [1.29, 1.82) is 0 Å². The molecule has 8 nitrogen and oxygen atoms in total. The summed E-state index contributed by atoms with van der Waals surface area (Å²) < 4.78 is 15.1. The van der Waals surface area contributed by atoms with E-state index in [4.69, 9.17) is 0 Å². The standard InChI is InChI=1S/C23H24FN5O3/c1-14(30)27-10-8-18-17(13-27)23(32)29-21(25-18)12-19(26-29)20-7-2-3-9-28(20)22(31)15-5-4-6-16(24)11-15/h4-6,11-12,20,26H,2-3,7-10,13H2,1H3/t20-/m0/s1. The number of piperidine rings is 1. The average molecular weight is 437 g/mol. The highest BCUT2D eigenvalue weighted by Gasteiger charge is 2.31. The van der Waals surface area contributed by atoms with Crippen molar-refractivity contribution in [2.75, 3.05) is 13.1 Å². The first-order valence-corrected chi connectivity index (χ1v) is 10.9. The van der Waals surface area contributed by atoms with Crippen LogP contribution < -0.4 is 5.56 Å². The third kappa shape index (κ3) is 3.47. The molecule has 166 valence electrons. The topological polar surface area (TPSA) is 90.8 Å². The van der Waals surface area contributed by atoms with Crippen molar-refractivity contribution in [3.63, 3.8) is 0 Å². The number of halogens is 1. The second-order valence-electron chi connectivity index (χ2n) is 8.46. The Hall–Kier alpha value is -3.49. The molecule has 0 spiro atoms. The lowest BCUT2D eigenvalue weighted by Crippen LogP contribution is -2.39. The molecule has 3 aromatic rings. The maximum Gasteiger partial charge on any atom is 0.277 e. The Kier molecular flexibility index (Phi) is 5.03. The summed E-state index contributed by atoms with van der Waals surface area (Å²) in [5.41, 5.74) is 2.56. The van der Waals surface area contributed by atoms with E-state index in [-0.39, 0.29) is 30.0 Å². The minimum absolute atomic E-state index is 0.0685. The number of hydrogen-bond donors (Lipinski definition) is 1. The van der Waals surface area contributed by atoms with E-state index in [0.717, 1.165) is 30.7 Å². The van der Waals surface area contributed by atoms with Crippen molar-refractivity contribution in [3.8, 4) is 0 Å². The van der Waals surface area contributed by atoms with E-state index in [9.17, 15) is 18.8 Å². The Morgan fingerprint density at radius 2 is 2.03 bits per heavy atom.